The molecular weight excluding hydrogens is 347 g/mol. The van der Waals surface area contributed by atoms with Crippen LogP contribution in [0.5, 0.6) is 11.5 Å². The molecule has 0 spiro atoms. The van der Waals surface area contributed by atoms with Gasteiger partial charge in [-0.15, -0.1) is 0 Å². The van der Waals surface area contributed by atoms with Gasteiger partial charge in [0.05, 0.1) is 13.2 Å². The van der Waals surface area contributed by atoms with E-state index in [1.165, 1.54) is 13.2 Å². The van der Waals surface area contributed by atoms with Crippen LogP contribution >= 0.6 is 0 Å². The van der Waals surface area contributed by atoms with E-state index in [1.54, 1.807) is 24.1 Å². The quantitative estimate of drug-likeness (QED) is 0.676. The molecular formula is C21H27FN2O3. The highest BCUT2D eigenvalue weighted by atomic mass is 19.1. The van der Waals surface area contributed by atoms with Gasteiger partial charge in [0.2, 0.25) is 5.91 Å². The molecule has 1 atom stereocenters. The summed E-state index contributed by atoms with van der Waals surface area (Å²) in [6, 6.07) is 14.0. The molecule has 6 heteroatoms. The van der Waals surface area contributed by atoms with Gasteiger partial charge in [-0.3, -0.25) is 9.69 Å². The van der Waals surface area contributed by atoms with Gasteiger partial charge < -0.3 is 14.4 Å². The van der Waals surface area contributed by atoms with E-state index in [-0.39, 0.29) is 17.7 Å². The minimum atomic E-state index is -0.431. The van der Waals surface area contributed by atoms with Crippen molar-refractivity contribution in [3.63, 3.8) is 0 Å². The van der Waals surface area contributed by atoms with E-state index in [9.17, 15) is 9.18 Å². The zero-order valence-corrected chi connectivity index (χ0v) is 16.3. The topological polar surface area (TPSA) is 42.0 Å². The molecule has 0 aliphatic carbocycles. The Bertz CT molecular complexity index is 739. The summed E-state index contributed by atoms with van der Waals surface area (Å²) in [6.45, 7) is 3.30. The first-order valence-electron chi connectivity index (χ1n) is 8.88. The number of hydrogen-bond acceptors (Lipinski definition) is 4. The molecule has 27 heavy (non-hydrogen) atoms. The summed E-state index contributed by atoms with van der Waals surface area (Å²) >= 11 is 0. The molecule has 0 saturated carbocycles. The first kappa shape index (κ1) is 20.7. The van der Waals surface area contributed by atoms with Gasteiger partial charge in [0, 0.05) is 20.1 Å². The lowest BCUT2D eigenvalue weighted by molar-refractivity contribution is -0.135. The Hall–Kier alpha value is -2.60. The summed E-state index contributed by atoms with van der Waals surface area (Å²) in [5.74, 6) is 0.537. The van der Waals surface area contributed by atoms with Crippen molar-refractivity contribution in [2.45, 2.75) is 19.5 Å². The van der Waals surface area contributed by atoms with Crippen molar-refractivity contribution in [3.8, 4) is 11.5 Å². The lowest BCUT2D eigenvalue weighted by Crippen LogP contribution is -2.45. The zero-order chi connectivity index (χ0) is 19.8. The maximum absolute atomic E-state index is 13.8. The van der Waals surface area contributed by atoms with Crippen LogP contribution in [0.4, 0.5) is 4.39 Å². The smallest absolute Gasteiger partial charge is 0.239 e. The Morgan fingerprint density at radius 2 is 1.85 bits per heavy atom. The van der Waals surface area contributed by atoms with Crippen LogP contribution in [0, 0.1) is 5.82 Å². The zero-order valence-electron chi connectivity index (χ0n) is 16.3. The Morgan fingerprint density at radius 1 is 1.15 bits per heavy atom. The van der Waals surface area contributed by atoms with Crippen molar-refractivity contribution in [1.82, 2.24) is 9.80 Å². The second kappa shape index (κ2) is 9.92. The third kappa shape index (κ3) is 5.96. The lowest BCUT2D eigenvalue weighted by Gasteiger charge is -2.28. The second-order valence-corrected chi connectivity index (χ2v) is 6.48. The predicted octanol–water partition coefficient (Wildman–Crippen LogP) is 3.19. The number of nitrogens with zero attached hydrogens (tertiary/aromatic N) is 2. The fourth-order valence-electron chi connectivity index (χ4n) is 2.69. The number of methoxy groups -OCH3 is 1. The van der Waals surface area contributed by atoms with E-state index >= 15 is 0 Å². The average molecular weight is 374 g/mol. The highest BCUT2D eigenvalue weighted by Crippen LogP contribution is 2.18. The normalized spacial score (nSPS) is 11.9. The number of likely N-dealkylation sites (N-methyl/N-ethyl adjacent to an activating group) is 2. The molecule has 1 amide bonds. The van der Waals surface area contributed by atoms with Gasteiger partial charge in [-0.05, 0) is 43.8 Å². The summed E-state index contributed by atoms with van der Waals surface area (Å²) in [5, 5.41) is 0. The number of carbonyl (C=O) groups is 1. The summed E-state index contributed by atoms with van der Waals surface area (Å²) in [7, 11) is 5.03. The number of para-hydroxylation sites is 1. The van der Waals surface area contributed by atoms with Gasteiger partial charge in [0.1, 0.15) is 12.4 Å². The van der Waals surface area contributed by atoms with Crippen molar-refractivity contribution in [3.05, 3.63) is 59.9 Å². The maximum atomic E-state index is 13.8. The number of rotatable bonds is 9. The molecule has 0 aliphatic rings. The maximum Gasteiger partial charge on any atom is 0.239 e. The molecule has 2 aromatic carbocycles. The van der Waals surface area contributed by atoms with Crippen LogP contribution in [0.25, 0.3) is 0 Å². The molecule has 2 rings (SSSR count). The van der Waals surface area contributed by atoms with E-state index < -0.39 is 5.82 Å². The van der Waals surface area contributed by atoms with Gasteiger partial charge >= 0.3 is 0 Å². The van der Waals surface area contributed by atoms with E-state index in [4.69, 9.17) is 9.47 Å². The van der Waals surface area contributed by atoms with Crippen molar-refractivity contribution in [1.29, 1.82) is 0 Å². The SMILES string of the molecule is COc1ccc(CN(C)C(=O)C(C)N(C)CCOc2ccccc2)cc1F. The summed E-state index contributed by atoms with van der Waals surface area (Å²) in [5.41, 5.74) is 0.714. The minimum Gasteiger partial charge on any atom is -0.494 e. The molecule has 0 bridgehead atoms. The fourth-order valence-corrected chi connectivity index (χ4v) is 2.69. The average Bonchev–Trinajstić information content (AvgIpc) is 2.67. The number of hydrogen-bond donors (Lipinski definition) is 0. The summed E-state index contributed by atoms with van der Waals surface area (Å²) in [6.07, 6.45) is 0. The predicted molar refractivity (Wildman–Crippen MR) is 103 cm³/mol. The molecule has 0 heterocycles. The molecule has 0 fully saturated rings. The van der Waals surface area contributed by atoms with E-state index in [0.717, 1.165) is 5.75 Å². The standard InChI is InChI=1S/C21H27FN2O3/c1-16(23(2)12-13-27-18-8-6-5-7-9-18)21(25)24(3)15-17-10-11-20(26-4)19(22)14-17/h5-11,14,16H,12-13,15H2,1-4H3. The van der Waals surface area contributed by atoms with Gasteiger partial charge in [-0.25, -0.2) is 4.39 Å². The number of amides is 1. The highest BCUT2D eigenvalue weighted by Gasteiger charge is 2.22. The van der Waals surface area contributed by atoms with Crippen LogP contribution in [0.2, 0.25) is 0 Å². The summed E-state index contributed by atoms with van der Waals surface area (Å²) < 4.78 is 24.4. The molecule has 1 unspecified atom stereocenters. The van der Waals surface area contributed by atoms with E-state index in [1.807, 2.05) is 49.2 Å². The van der Waals surface area contributed by atoms with E-state index in [0.29, 0.717) is 25.3 Å². The van der Waals surface area contributed by atoms with Crippen LogP contribution in [0.15, 0.2) is 48.5 Å². The highest BCUT2D eigenvalue weighted by molar-refractivity contribution is 5.81. The Labute approximate surface area is 160 Å². The number of benzene rings is 2. The van der Waals surface area contributed by atoms with Crippen molar-refractivity contribution >= 4 is 5.91 Å². The molecule has 0 aliphatic heterocycles. The molecule has 5 nitrogen and oxygen atoms in total. The Balaban J connectivity index is 1.84. The van der Waals surface area contributed by atoms with Crippen LogP contribution in [0.1, 0.15) is 12.5 Å². The lowest BCUT2D eigenvalue weighted by atomic mass is 10.2. The fraction of sp³-hybridized carbons (Fsp3) is 0.381. The van der Waals surface area contributed by atoms with Gasteiger partial charge in [0.25, 0.3) is 0 Å². The first-order valence-corrected chi connectivity index (χ1v) is 8.88. The van der Waals surface area contributed by atoms with Crippen molar-refractivity contribution < 1.29 is 18.7 Å². The third-order valence-electron chi connectivity index (χ3n) is 4.49. The molecule has 146 valence electrons. The van der Waals surface area contributed by atoms with E-state index in [2.05, 4.69) is 0 Å². The van der Waals surface area contributed by atoms with Gasteiger partial charge in [0.15, 0.2) is 11.6 Å². The number of ether oxygens (including phenoxy) is 2. The van der Waals surface area contributed by atoms with Gasteiger partial charge in [-0.1, -0.05) is 24.3 Å². The van der Waals surface area contributed by atoms with Crippen LogP contribution in [-0.2, 0) is 11.3 Å². The molecule has 0 radical (unpaired) electrons. The monoisotopic (exact) mass is 374 g/mol. The van der Waals surface area contributed by atoms with Crippen LogP contribution in [0.3, 0.4) is 0 Å². The van der Waals surface area contributed by atoms with Crippen molar-refractivity contribution in [2.75, 3.05) is 34.4 Å². The molecule has 0 saturated heterocycles. The van der Waals surface area contributed by atoms with Gasteiger partial charge in [-0.2, -0.15) is 0 Å². The number of halogens is 1. The molecule has 0 N–H and O–H groups in total. The first-order chi connectivity index (χ1) is 12.9. The number of carbonyl (C=O) groups excluding carboxylic acids is 1. The van der Waals surface area contributed by atoms with Crippen LogP contribution < -0.4 is 9.47 Å². The molecule has 2 aromatic rings. The largest absolute Gasteiger partial charge is 0.494 e. The Kier molecular flexibility index (Phi) is 7.61. The van der Waals surface area contributed by atoms with Crippen LogP contribution in [-0.4, -0.2) is 56.1 Å². The molecule has 0 aromatic heterocycles. The van der Waals surface area contributed by atoms with Crippen molar-refractivity contribution in [2.24, 2.45) is 0 Å². The second-order valence-electron chi connectivity index (χ2n) is 6.48. The summed E-state index contributed by atoms with van der Waals surface area (Å²) in [4.78, 5) is 16.2. The third-order valence-corrected chi connectivity index (χ3v) is 4.49. The minimum absolute atomic E-state index is 0.0339. The Morgan fingerprint density at radius 3 is 2.48 bits per heavy atom.